The molecule has 2 atom stereocenters. The van der Waals surface area contributed by atoms with Crippen LogP contribution in [-0.2, 0) is 26.1 Å². The lowest BCUT2D eigenvalue weighted by Crippen LogP contribution is -2.08. The number of carbonyl (C=O) groups is 2. The maximum atomic E-state index is 11.9. The van der Waals surface area contributed by atoms with Crippen molar-refractivity contribution in [1.82, 2.24) is 19.9 Å². The van der Waals surface area contributed by atoms with Gasteiger partial charge in [0.15, 0.2) is 12.6 Å². The van der Waals surface area contributed by atoms with Crippen LogP contribution in [0.25, 0.3) is 16.0 Å². The molecule has 0 saturated heterocycles. The molecule has 0 bridgehead atoms. The van der Waals surface area contributed by atoms with Crippen LogP contribution in [0, 0.1) is 17.9 Å². The Morgan fingerprint density at radius 3 is 1.74 bits per heavy atom. The smallest absolute Gasteiger partial charge is 0.231 e. The second-order valence-corrected chi connectivity index (χ2v) is 15.3. The maximum Gasteiger partial charge on any atom is 0.231 e. The quantitative estimate of drug-likeness (QED) is 0.0805. The highest BCUT2D eigenvalue weighted by Gasteiger charge is 2.32. The highest BCUT2D eigenvalue weighted by Crippen LogP contribution is 2.46. The van der Waals surface area contributed by atoms with Crippen LogP contribution < -0.4 is 18.9 Å². The highest BCUT2D eigenvalue weighted by atomic mass is 79.9. The molecule has 0 radical (unpaired) electrons. The van der Waals surface area contributed by atoms with Crippen LogP contribution in [0.2, 0.25) is 0 Å². The Bertz CT molecular complexity index is 2500. The predicted molar refractivity (Wildman–Crippen MR) is 218 cm³/mol. The molecule has 2 aliphatic rings. The molecule has 14 heteroatoms. The predicted octanol–water partition coefficient (Wildman–Crippen LogP) is 9.80. The fourth-order valence-corrected chi connectivity index (χ4v) is 8.16. The summed E-state index contributed by atoms with van der Waals surface area (Å²) >= 11 is 7.07. The van der Waals surface area contributed by atoms with Crippen LogP contribution in [-0.4, -0.2) is 32.5 Å². The first kappa shape index (κ1) is 38.4. The number of hydrogen-bond acceptors (Lipinski definition) is 11. The summed E-state index contributed by atoms with van der Waals surface area (Å²) in [5.41, 5.74) is 9.41. The zero-order valence-electron chi connectivity index (χ0n) is 30.5. The number of carbonyl (C=O) groups excluding carboxylic acids is 2. The number of halogens is 2. The van der Waals surface area contributed by atoms with Crippen LogP contribution in [0.4, 0.5) is 5.69 Å². The average Bonchev–Trinajstić information content (AvgIpc) is 3.87. The van der Waals surface area contributed by atoms with Gasteiger partial charge in [0, 0.05) is 30.4 Å². The SMILES string of the molecule is [C-]#[N+]c1cncc(COc2nc(O[C@H]3CCc4c(-c5cccc6c5CC[C@@H]6Oc5nc(OCc6cncc(C#N)c6)c(C=O)cc5Br)cccc43)c(Br)cc2C=O)c1. The summed E-state index contributed by atoms with van der Waals surface area (Å²) < 4.78 is 26.0. The first-order valence-electron chi connectivity index (χ1n) is 18.2. The molecule has 0 spiro atoms. The number of rotatable bonds is 13. The molecule has 0 saturated carbocycles. The van der Waals surface area contributed by atoms with E-state index in [1.54, 1.807) is 36.7 Å². The van der Waals surface area contributed by atoms with Crippen LogP contribution in [0.1, 0.15) is 84.7 Å². The summed E-state index contributed by atoms with van der Waals surface area (Å²) in [5, 5.41) is 9.23. The van der Waals surface area contributed by atoms with Gasteiger partial charge in [-0.2, -0.15) is 15.2 Å². The van der Waals surface area contributed by atoms with Crippen LogP contribution >= 0.6 is 31.9 Å². The lowest BCUT2D eigenvalue weighted by atomic mass is 9.91. The summed E-state index contributed by atoms with van der Waals surface area (Å²) in [4.78, 5) is 44.6. The Kier molecular flexibility index (Phi) is 11.2. The van der Waals surface area contributed by atoms with Crippen molar-refractivity contribution in [1.29, 1.82) is 5.26 Å². The fraction of sp³-hybridized carbons (Fsp3) is 0.182. The van der Waals surface area contributed by atoms with Crippen LogP contribution in [0.3, 0.4) is 0 Å². The van der Waals surface area contributed by atoms with Crippen molar-refractivity contribution >= 4 is 50.1 Å². The largest absolute Gasteiger partial charge is 0.472 e. The molecular weight excluding hydrogens is 868 g/mol. The van der Waals surface area contributed by atoms with Crippen molar-refractivity contribution in [2.75, 3.05) is 0 Å². The molecular formula is C44H30Br2N6O6. The van der Waals surface area contributed by atoms with Gasteiger partial charge in [-0.25, -0.2) is 4.85 Å². The normalized spacial score (nSPS) is 15.0. The number of nitriles is 1. The number of ether oxygens (including phenoxy) is 4. The van der Waals surface area contributed by atoms with Gasteiger partial charge in [0.1, 0.15) is 31.5 Å². The highest BCUT2D eigenvalue weighted by molar-refractivity contribution is 9.10. The molecule has 2 aliphatic carbocycles. The summed E-state index contributed by atoms with van der Waals surface area (Å²) in [6.07, 6.45) is 9.94. The van der Waals surface area contributed by atoms with E-state index in [9.17, 15) is 14.9 Å². The molecule has 2 aromatic carbocycles. The third kappa shape index (κ3) is 7.89. The van der Waals surface area contributed by atoms with Crippen molar-refractivity contribution in [2.45, 2.75) is 51.1 Å². The number of aldehydes is 2. The van der Waals surface area contributed by atoms with Gasteiger partial charge in [-0.05, 0) is 121 Å². The number of benzene rings is 2. The van der Waals surface area contributed by atoms with Gasteiger partial charge >= 0.3 is 0 Å². The Balaban J connectivity index is 1.01. The van der Waals surface area contributed by atoms with E-state index in [0.29, 0.717) is 55.7 Å². The molecule has 58 heavy (non-hydrogen) atoms. The molecule has 6 aromatic rings. The summed E-state index contributed by atoms with van der Waals surface area (Å²) in [7, 11) is 0. The molecule has 286 valence electrons. The zero-order chi connectivity index (χ0) is 40.2. The van der Waals surface area contributed by atoms with Crippen molar-refractivity contribution in [2.24, 2.45) is 0 Å². The van der Waals surface area contributed by atoms with Crippen LogP contribution in [0.15, 0.2) is 94.4 Å². The van der Waals surface area contributed by atoms with E-state index in [1.165, 1.54) is 23.5 Å². The van der Waals surface area contributed by atoms with E-state index in [0.717, 1.165) is 47.9 Å². The van der Waals surface area contributed by atoms with Gasteiger partial charge in [-0.15, -0.1) is 0 Å². The summed E-state index contributed by atoms with van der Waals surface area (Å²) in [5.74, 6) is 0.840. The Labute approximate surface area is 349 Å². The van der Waals surface area contributed by atoms with Crippen molar-refractivity contribution in [3.05, 3.63) is 156 Å². The number of hydrogen-bond donors (Lipinski definition) is 0. The maximum absolute atomic E-state index is 11.9. The van der Waals surface area contributed by atoms with Gasteiger partial charge in [0.05, 0.1) is 32.2 Å². The van der Waals surface area contributed by atoms with Crippen molar-refractivity contribution < 1.29 is 28.5 Å². The van der Waals surface area contributed by atoms with Crippen molar-refractivity contribution in [3.63, 3.8) is 0 Å². The molecule has 0 N–H and O–H groups in total. The lowest BCUT2D eigenvalue weighted by Gasteiger charge is -2.19. The van der Waals surface area contributed by atoms with Gasteiger partial charge in [-0.3, -0.25) is 19.6 Å². The van der Waals surface area contributed by atoms with Gasteiger partial charge in [0.25, 0.3) is 0 Å². The van der Waals surface area contributed by atoms with E-state index in [-0.39, 0.29) is 48.3 Å². The minimum atomic E-state index is -0.292. The summed E-state index contributed by atoms with van der Waals surface area (Å²) in [6.45, 7) is 7.39. The standard InChI is InChI=1S/C44H30Br2N6O6/c1-48-30-13-27(19-50-20-30)24-56-42-29(22-54)15-38(46)44(52-42)58-40-11-9-34-32(5-3-7-36(34)40)31-4-2-6-35-33(31)8-10-39(35)57-43-37(45)14-28(21-53)41(51-43)55-23-26-12-25(16-47)17-49-18-26/h2-7,12-15,17-22,39-40H,8-11,23-24H2/t39-,40-/m0/s1. The number of pyridine rings is 4. The zero-order valence-corrected chi connectivity index (χ0v) is 33.7. The number of aromatic nitrogens is 4. The molecule has 12 nitrogen and oxygen atoms in total. The van der Waals surface area contributed by atoms with E-state index in [1.807, 2.05) is 12.1 Å². The minimum Gasteiger partial charge on any atom is -0.472 e. The molecule has 0 aliphatic heterocycles. The van der Waals surface area contributed by atoms with Gasteiger partial charge in [-0.1, -0.05) is 36.4 Å². The topological polar surface area (TPSA) is 151 Å². The van der Waals surface area contributed by atoms with E-state index in [2.05, 4.69) is 87.0 Å². The Hall–Kier alpha value is -6.48. The number of nitrogens with zero attached hydrogens (tertiary/aromatic N) is 6. The average molecular weight is 899 g/mol. The lowest BCUT2D eigenvalue weighted by molar-refractivity contribution is 0.110. The number of fused-ring (bicyclic) bond motifs is 2. The van der Waals surface area contributed by atoms with Crippen LogP contribution in [0.5, 0.6) is 23.5 Å². The molecule has 4 aromatic heterocycles. The Morgan fingerprint density at radius 2 is 1.24 bits per heavy atom. The molecule has 8 rings (SSSR count). The Morgan fingerprint density at radius 1 is 0.724 bits per heavy atom. The van der Waals surface area contributed by atoms with Gasteiger partial charge in [0.2, 0.25) is 29.2 Å². The van der Waals surface area contributed by atoms with Gasteiger partial charge < -0.3 is 18.9 Å². The minimum absolute atomic E-state index is 0.0647. The first-order valence-corrected chi connectivity index (χ1v) is 19.7. The van der Waals surface area contributed by atoms with E-state index < -0.39 is 0 Å². The second kappa shape index (κ2) is 16.9. The third-order valence-corrected chi connectivity index (χ3v) is 11.1. The molecule has 0 unspecified atom stereocenters. The third-order valence-electron chi connectivity index (χ3n) is 9.94. The van der Waals surface area contributed by atoms with E-state index in [4.69, 9.17) is 25.5 Å². The fourth-order valence-electron chi connectivity index (χ4n) is 7.30. The van der Waals surface area contributed by atoms with Crippen molar-refractivity contribution in [3.8, 4) is 40.7 Å². The molecule has 4 heterocycles. The second-order valence-electron chi connectivity index (χ2n) is 13.5. The monoisotopic (exact) mass is 896 g/mol. The first-order chi connectivity index (χ1) is 28.3. The summed E-state index contributed by atoms with van der Waals surface area (Å²) in [6, 6.07) is 21.2. The van der Waals surface area contributed by atoms with E-state index >= 15 is 0 Å². The molecule has 0 fully saturated rings. The molecule has 0 amide bonds.